The first-order valence-electron chi connectivity index (χ1n) is 6.24. The fourth-order valence-corrected chi connectivity index (χ4v) is 2.76. The van der Waals surface area contributed by atoms with Crippen molar-refractivity contribution in [3.05, 3.63) is 23.8 Å². The maximum Gasteiger partial charge on any atom is 0.240 e. The molecule has 0 saturated carbocycles. The van der Waals surface area contributed by atoms with Gasteiger partial charge >= 0.3 is 0 Å². The summed E-state index contributed by atoms with van der Waals surface area (Å²) in [5.74, 6) is -0.181. The van der Waals surface area contributed by atoms with E-state index < -0.39 is 10.0 Å². The lowest BCUT2D eigenvalue weighted by Crippen LogP contribution is -2.24. The number of rotatable bonds is 6. The molecule has 1 rings (SSSR count). The Hall–Kier alpha value is -1.40. The Morgan fingerprint density at radius 2 is 2.00 bits per heavy atom. The molecule has 5 nitrogen and oxygen atoms in total. The number of amides is 1. The van der Waals surface area contributed by atoms with E-state index in [0.717, 1.165) is 12.8 Å². The number of sulfonamides is 1. The van der Waals surface area contributed by atoms with Crippen molar-refractivity contribution in [3.63, 3.8) is 0 Å². The first-order valence-corrected chi connectivity index (χ1v) is 7.73. The van der Waals surface area contributed by atoms with Crippen LogP contribution >= 0.6 is 0 Å². The van der Waals surface area contributed by atoms with Crippen molar-refractivity contribution < 1.29 is 13.2 Å². The Bertz CT molecular complexity index is 553. The van der Waals surface area contributed by atoms with E-state index in [2.05, 4.69) is 10.0 Å². The summed E-state index contributed by atoms with van der Waals surface area (Å²) >= 11 is 0. The second kappa shape index (κ2) is 6.68. The average Bonchev–Trinajstić information content (AvgIpc) is 2.31. The minimum absolute atomic E-state index is 0.181. The Kier molecular flexibility index (Phi) is 5.50. The summed E-state index contributed by atoms with van der Waals surface area (Å²) in [6.07, 6.45) is 1.74. The van der Waals surface area contributed by atoms with E-state index >= 15 is 0 Å². The summed E-state index contributed by atoms with van der Waals surface area (Å²) in [6.45, 7) is 5.61. The van der Waals surface area contributed by atoms with Crippen molar-refractivity contribution in [1.82, 2.24) is 4.72 Å². The molecule has 6 heteroatoms. The van der Waals surface area contributed by atoms with Gasteiger partial charge in [-0.15, -0.1) is 0 Å². The number of nitrogens with one attached hydrogen (secondary N) is 2. The van der Waals surface area contributed by atoms with E-state index in [-0.39, 0.29) is 10.8 Å². The number of unbranched alkanes of at least 4 members (excludes halogenated alkanes) is 1. The molecular formula is C13H20N2O3S. The number of hydrogen-bond acceptors (Lipinski definition) is 3. The first-order chi connectivity index (χ1) is 8.86. The van der Waals surface area contributed by atoms with Crippen LogP contribution in [0, 0.1) is 6.92 Å². The molecule has 0 unspecified atom stereocenters. The summed E-state index contributed by atoms with van der Waals surface area (Å²) in [6, 6.07) is 4.65. The quantitative estimate of drug-likeness (QED) is 0.785. The summed E-state index contributed by atoms with van der Waals surface area (Å²) in [5, 5.41) is 2.65. The molecule has 0 aliphatic rings. The van der Waals surface area contributed by atoms with Crippen LogP contribution < -0.4 is 10.0 Å². The van der Waals surface area contributed by atoms with Crippen LogP contribution in [0.2, 0.25) is 0 Å². The van der Waals surface area contributed by atoms with E-state index in [0.29, 0.717) is 17.8 Å². The lowest BCUT2D eigenvalue weighted by Gasteiger charge is -2.10. The number of aryl methyl sites for hydroxylation is 1. The molecule has 0 atom stereocenters. The van der Waals surface area contributed by atoms with Gasteiger partial charge in [-0.2, -0.15) is 0 Å². The Balaban J connectivity index is 2.90. The molecular weight excluding hydrogens is 264 g/mol. The van der Waals surface area contributed by atoms with Gasteiger partial charge in [-0.25, -0.2) is 13.1 Å². The van der Waals surface area contributed by atoms with Crippen LogP contribution in [-0.4, -0.2) is 20.9 Å². The molecule has 1 aromatic carbocycles. The third kappa shape index (κ3) is 4.65. The fraction of sp³-hybridized carbons (Fsp3) is 0.462. The van der Waals surface area contributed by atoms with Crippen LogP contribution in [0.3, 0.4) is 0 Å². The van der Waals surface area contributed by atoms with Crippen LogP contribution in [0.15, 0.2) is 23.1 Å². The van der Waals surface area contributed by atoms with Gasteiger partial charge in [0.1, 0.15) is 0 Å². The number of benzene rings is 1. The Morgan fingerprint density at radius 1 is 1.32 bits per heavy atom. The van der Waals surface area contributed by atoms with Crippen molar-refractivity contribution in [2.45, 2.75) is 38.5 Å². The molecule has 19 heavy (non-hydrogen) atoms. The monoisotopic (exact) mass is 284 g/mol. The van der Waals surface area contributed by atoms with E-state index in [1.54, 1.807) is 19.1 Å². The number of carbonyl (C=O) groups excluding carboxylic acids is 1. The van der Waals surface area contributed by atoms with E-state index in [1.165, 1.54) is 13.0 Å². The molecule has 0 heterocycles. The van der Waals surface area contributed by atoms with Crippen molar-refractivity contribution in [2.75, 3.05) is 11.9 Å². The van der Waals surface area contributed by atoms with Crippen LogP contribution in [0.5, 0.6) is 0 Å². The van der Waals surface area contributed by atoms with Crippen LogP contribution in [-0.2, 0) is 14.8 Å². The molecule has 0 fully saturated rings. The van der Waals surface area contributed by atoms with Crippen molar-refractivity contribution in [3.8, 4) is 0 Å². The molecule has 0 aliphatic carbocycles. The second-order valence-electron chi connectivity index (χ2n) is 4.41. The van der Waals surface area contributed by atoms with Gasteiger partial charge in [0, 0.05) is 19.2 Å². The molecule has 0 bridgehead atoms. The third-order valence-corrected chi connectivity index (χ3v) is 4.10. The molecule has 2 N–H and O–H groups in total. The maximum absolute atomic E-state index is 12.0. The van der Waals surface area contributed by atoms with Crippen LogP contribution in [0.25, 0.3) is 0 Å². The molecule has 0 saturated heterocycles. The van der Waals surface area contributed by atoms with Crippen molar-refractivity contribution in [2.24, 2.45) is 0 Å². The maximum atomic E-state index is 12.0. The SMILES string of the molecule is CCCCNS(=O)(=O)c1ccc(NC(C)=O)c(C)c1. The predicted molar refractivity (Wildman–Crippen MR) is 75.6 cm³/mol. The predicted octanol–water partition coefficient (Wildman–Crippen LogP) is 2.03. The number of anilines is 1. The standard InChI is InChI=1S/C13H20N2O3S/c1-4-5-8-14-19(17,18)12-6-7-13(10(2)9-12)15-11(3)16/h6-7,9,14H,4-5,8H2,1-3H3,(H,15,16). The lowest BCUT2D eigenvalue weighted by atomic mass is 10.2. The zero-order valence-electron chi connectivity index (χ0n) is 11.5. The molecule has 1 aromatic rings. The lowest BCUT2D eigenvalue weighted by molar-refractivity contribution is -0.114. The fourth-order valence-electron chi connectivity index (χ4n) is 1.60. The van der Waals surface area contributed by atoms with Gasteiger partial charge < -0.3 is 5.32 Å². The van der Waals surface area contributed by atoms with Gasteiger partial charge in [-0.05, 0) is 37.1 Å². The zero-order chi connectivity index (χ0) is 14.5. The first kappa shape index (κ1) is 15.7. The highest BCUT2D eigenvalue weighted by atomic mass is 32.2. The molecule has 0 aliphatic heterocycles. The van der Waals surface area contributed by atoms with Gasteiger partial charge in [0.25, 0.3) is 0 Å². The van der Waals surface area contributed by atoms with E-state index in [4.69, 9.17) is 0 Å². The average molecular weight is 284 g/mol. The van der Waals surface area contributed by atoms with Gasteiger partial charge in [0.15, 0.2) is 0 Å². The third-order valence-electron chi connectivity index (χ3n) is 2.64. The van der Waals surface area contributed by atoms with Gasteiger partial charge in [-0.3, -0.25) is 4.79 Å². The normalized spacial score (nSPS) is 11.3. The second-order valence-corrected chi connectivity index (χ2v) is 6.18. The minimum Gasteiger partial charge on any atom is -0.326 e. The number of carbonyl (C=O) groups is 1. The highest BCUT2D eigenvalue weighted by molar-refractivity contribution is 7.89. The topological polar surface area (TPSA) is 75.3 Å². The Labute approximate surface area is 114 Å². The highest BCUT2D eigenvalue weighted by Crippen LogP contribution is 2.19. The van der Waals surface area contributed by atoms with E-state index in [9.17, 15) is 13.2 Å². The summed E-state index contributed by atoms with van der Waals surface area (Å²) in [5.41, 5.74) is 1.34. The van der Waals surface area contributed by atoms with Crippen LogP contribution in [0.4, 0.5) is 5.69 Å². The molecule has 0 spiro atoms. The van der Waals surface area contributed by atoms with Gasteiger partial charge in [0.2, 0.25) is 15.9 Å². The van der Waals surface area contributed by atoms with Crippen LogP contribution in [0.1, 0.15) is 32.3 Å². The summed E-state index contributed by atoms with van der Waals surface area (Å²) < 4.78 is 26.5. The highest BCUT2D eigenvalue weighted by Gasteiger charge is 2.14. The molecule has 0 radical (unpaired) electrons. The van der Waals surface area contributed by atoms with E-state index in [1.807, 2.05) is 6.92 Å². The molecule has 1 amide bonds. The molecule has 106 valence electrons. The smallest absolute Gasteiger partial charge is 0.240 e. The molecule has 0 aromatic heterocycles. The summed E-state index contributed by atoms with van der Waals surface area (Å²) in [7, 11) is -3.46. The zero-order valence-corrected chi connectivity index (χ0v) is 12.3. The van der Waals surface area contributed by atoms with Crippen molar-refractivity contribution in [1.29, 1.82) is 0 Å². The largest absolute Gasteiger partial charge is 0.326 e. The number of hydrogen-bond donors (Lipinski definition) is 2. The minimum atomic E-state index is -3.46. The van der Waals surface area contributed by atoms with Gasteiger partial charge in [-0.1, -0.05) is 13.3 Å². The van der Waals surface area contributed by atoms with Crippen molar-refractivity contribution >= 4 is 21.6 Å². The summed E-state index contributed by atoms with van der Waals surface area (Å²) in [4.78, 5) is 11.2. The van der Waals surface area contributed by atoms with Gasteiger partial charge in [0.05, 0.1) is 4.90 Å². The Morgan fingerprint density at radius 3 is 2.53 bits per heavy atom.